The van der Waals surface area contributed by atoms with Crippen LogP contribution in [0.15, 0.2) is 48.5 Å². The minimum Gasteiger partial charge on any atom is -0.481 e. The normalized spacial score (nSPS) is 29.4. The van der Waals surface area contributed by atoms with Gasteiger partial charge in [-0.15, -0.1) is 0 Å². The summed E-state index contributed by atoms with van der Waals surface area (Å²) in [6, 6.07) is 14.7. The average molecular weight is 419 g/mol. The quantitative estimate of drug-likeness (QED) is 0.701. The van der Waals surface area contributed by atoms with Crippen molar-refractivity contribution in [3.05, 3.63) is 54.1 Å². The van der Waals surface area contributed by atoms with Crippen LogP contribution in [0.4, 0.5) is 13.2 Å². The molecule has 0 aromatic heterocycles. The highest BCUT2D eigenvalue weighted by molar-refractivity contribution is 5.76. The van der Waals surface area contributed by atoms with E-state index < -0.39 is 23.3 Å². The Kier molecular flexibility index (Phi) is 4.25. The molecule has 30 heavy (non-hydrogen) atoms. The van der Waals surface area contributed by atoms with E-state index in [1.807, 2.05) is 36.4 Å². The van der Waals surface area contributed by atoms with Crippen LogP contribution in [0, 0.1) is 0 Å². The molecule has 4 aliphatic rings. The van der Waals surface area contributed by atoms with E-state index in [1.54, 1.807) is 12.1 Å². The van der Waals surface area contributed by atoms with E-state index in [4.69, 9.17) is 14.2 Å². The van der Waals surface area contributed by atoms with Crippen LogP contribution in [0.5, 0.6) is 17.2 Å². The highest BCUT2D eigenvalue weighted by Gasteiger charge is 2.65. The van der Waals surface area contributed by atoms with Gasteiger partial charge in [0.1, 0.15) is 17.2 Å². The van der Waals surface area contributed by atoms with Crippen LogP contribution >= 0.6 is 0 Å². The molecule has 1 unspecified atom stereocenters. The SMILES string of the molecule is O=C(OC12CCN(CC1)CC21Cc2cc(Oc3ccccc3)ccc2O1)C(F)(F)F. The molecule has 2 bridgehead atoms. The maximum absolute atomic E-state index is 13.0. The van der Waals surface area contributed by atoms with Crippen LogP contribution in [0.3, 0.4) is 0 Å². The maximum atomic E-state index is 13.0. The van der Waals surface area contributed by atoms with Crippen molar-refractivity contribution >= 4 is 5.97 Å². The molecule has 0 amide bonds. The number of fused-ring (bicyclic) bond motifs is 3. The standard InChI is InChI=1S/C22H20F3NO4/c23-22(24,25)19(27)30-20-8-10-26(11-9-20)14-21(20)13-15-12-17(6-7-18(15)29-21)28-16-4-2-1-3-5-16/h1-7,12H,8-11,13-14H2. The number of piperidine rings is 3. The van der Waals surface area contributed by atoms with Crippen LogP contribution in [0.1, 0.15) is 18.4 Å². The molecule has 0 radical (unpaired) electrons. The number of carbonyl (C=O) groups is 1. The zero-order valence-corrected chi connectivity index (χ0v) is 16.1. The van der Waals surface area contributed by atoms with Crippen LogP contribution in [0.25, 0.3) is 0 Å². The fourth-order valence-electron chi connectivity index (χ4n) is 4.84. The molecule has 5 nitrogen and oxygen atoms in total. The predicted octanol–water partition coefficient (Wildman–Crippen LogP) is 4.11. The third-order valence-electron chi connectivity index (χ3n) is 6.28. The van der Waals surface area contributed by atoms with Gasteiger partial charge in [-0.1, -0.05) is 18.2 Å². The lowest BCUT2D eigenvalue weighted by atomic mass is 9.69. The third-order valence-corrected chi connectivity index (χ3v) is 6.28. The van der Waals surface area contributed by atoms with Crippen LogP contribution in [-0.2, 0) is 16.0 Å². The summed E-state index contributed by atoms with van der Waals surface area (Å²) in [6.45, 7) is 1.58. The fraction of sp³-hybridized carbons (Fsp3) is 0.409. The van der Waals surface area contributed by atoms with Gasteiger partial charge < -0.3 is 14.2 Å². The molecule has 1 atom stereocenters. The smallest absolute Gasteiger partial charge is 0.481 e. The van der Waals surface area contributed by atoms with Gasteiger partial charge in [-0.05, 0) is 30.3 Å². The number of rotatable bonds is 3. The first kappa shape index (κ1) is 19.2. The van der Waals surface area contributed by atoms with E-state index >= 15 is 0 Å². The largest absolute Gasteiger partial charge is 0.490 e. The second-order valence-corrected chi connectivity index (χ2v) is 8.12. The molecule has 4 heterocycles. The molecule has 3 fully saturated rings. The monoisotopic (exact) mass is 419 g/mol. The van der Waals surface area contributed by atoms with Gasteiger partial charge in [0.2, 0.25) is 0 Å². The number of halogens is 3. The summed E-state index contributed by atoms with van der Waals surface area (Å²) >= 11 is 0. The van der Waals surface area contributed by atoms with Gasteiger partial charge in [-0.2, -0.15) is 13.2 Å². The molecule has 158 valence electrons. The van der Waals surface area contributed by atoms with E-state index in [-0.39, 0.29) is 0 Å². The van der Waals surface area contributed by atoms with Crippen molar-refractivity contribution in [2.75, 3.05) is 19.6 Å². The van der Waals surface area contributed by atoms with Crippen LogP contribution < -0.4 is 9.47 Å². The molecule has 4 aliphatic heterocycles. The summed E-state index contributed by atoms with van der Waals surface area (Å²) in [5, 5.41) is 0. The predicted molar refractivity (Wildman–Crippen MR) is 101 cm³/mol. The molecule has 8 heteroatoms. The Morgan fingerprint density at radius 1 is 1.03 bits per heavy atom. The fourth-order valence-corrected chi connectivity index (χ4v) is 4.84. The van der Waals surface area contributed by atoms with Gasteiger partial charge in [-0.3, -0.25) is 4.90 Å². The van der Waals surface area contributed by atoms with Gasteiger partial charge in [-0.25, -0.2) is 4.79 Å². The summed E-state index contributed by atoms with van der Waals surface area (Å²) in [4.78, 5) is 13.9. The molecule has 0 saturated carbocycles. The Morgan fingerprint density at radius 3 is 2.47 bits per heavy atom. The zero-order chi connectivity index (χ0) is 21.0. The maximum Gasteiger partial charge on any atom is 0.490 e. The number of nitrogens with zero attached hydrogens (tertiary/aromatic N) is 1. The number of ether oxygens (including phenoxy) is 3. The van der Waals surface area contributed by atoms with Gasteiger partial charge in [0.25, 0.3) is 0 Å². The summed E-state index contributed by atoms with van der Waals surface area (Å²) in [5.41, 5.74) is -1.49. The van der Waals surface area contributed by atoms with Gasteiger partial charge in [0, 0.05) is 44.5 Å². The van der Waals surface area contributed by atoms with Gasteiger partial charge in [0.05, 0.1) is 0 Å². The number of esters is 1. The molecular formula is C22H20F3NO4. The number of alkyl halides is 3. The van der Waals surface area contributed by atoms with Crippen molar-refractivity contribution in [3.8, 4) is 17.2 Å². The number of carbonyl (C=O) groups excluding carboxylic acids is 1. The Labute approximate surface area is 171 Å². The zero-order valence-electron chi connectivity index (χ0n) is 16.1. The summed E-state index contributed by atoms with van der Waals surface area (Å²) in [6.07, 6.45) is -4.05. The molecule has 3 saturated heterocycles. The summed E-state index contributed by atoms with van der Waals surface area (Å²) in [7, 11) is 0. The molecule has 1 spiro atoms. The van der Waals surface area contributed by atoms with Crippen LogP contribution in [-0.4, -0.2) is 47.9 Å². The molecule has 0 N–H and O–H groups in total. The van der Waals surface area contributed by atoms with Crippen molar-refractivity contribution in [1.82, 2.24) is 4.90 Å². The second-order valence-electron chi connectivity index (χ2n) is 8.12. The van der Waals surface area contributed by atoms with Crippen LogP contribution in [0.2, 0.25) is 0 Å². The number of hydrogen-bond donors (Lipinski definition) is 0. The minimum atomic E-state index is -5.04. The van der Waals surface area contributed by atoms with Crippen molar-refractivity contribution in [2.24, 2.45) is 0 Å². The Balaban J connectivity index is 1.44. The number of para-hydroxylation sites is 1. The highest BCUT2D eigenvalue weighted by Crippen LogP contribution is 2.52. The van der Waals surface area contributed by atoms with E-state index in [1.165, 1.54) is 0 Å². The lowest BCUT2D eigenvalue weighted by Gasteiger charge is -2.57. The first-order valence-electron chi connectivity index (χ1n) is 9.86. The van der Waals surface area contributed by atoms with Crippen molar-refractivity contribution in [3.63, 3.8) is 0 Å². The molecular weight excluding hydrogens is 399 g/mol. The number of benzene rings is 2. The first-order valence-corrected chi connectivity index (χ1v) is 9.86. The highest BCUT2D eigenvalue weighted by atomic mass is 19.4. The van der Waals surface area contributed by atoms with Crippen molar-refractivity contribution in [2.45, 2.75) is 36.6 Å². The Bertz CT molecular complexity index is 970. The van der Waals surface area contributed by atoms with E-state index in [9.17, 15) is 18.0 Å². The Hall–Kier alpha value is -2.74. The van der Waals surface area contributed by atoms with E-state index in [0.717, 1.165) is 5.56 Å². The summed E-state index contributed by atoms with van der Waals surface area (Å²) < 4.78 is 56.2. The van der Waals surface area contributed by atoms with Gasteiger partial charge in [0.15, 0.2) is 11.2 Å². The number of hydrogen-bond acceptors (Lipinski definition) is 5. The molecule has 6 rings (SSSR count). The van der Waals surface area contributed by atoms with Crippen molar-refractivity contribution in [1.29, 1.82) is 0 Å². The summed E-state index contributed by atoms with van der Waals surface area (Å²) in [5.74, 6) is -0.260. The molecule has 0 aliphatic carbocycles. The lowest BCUT2D eigenvalue weighted by Crippen LogP contribution is -2.73. The van der Waals surface area contributed by atoms with Gasteiger partial charge >= 0.3 is 12.1 Å². The lowest BCUT2D eigenvalue weighted by molar-refractivity contribution is -0.254. The first-order chi connectivity index (χ1) is 14.3. The van der Waals surface area contributed by atoms with E-state index in [0.29, 0.717) is 56.1 Å². The average Bonchev–Trinajstić information content (AvgIpc) is 3.07. The second kappa shape index (κ2) is 6.63. The van der Waals surface area contributed by atoms with Crippen molar-refractivity contribution < 1.29 is 32.2 Å². The molecule has 2 aromatic carbocycles. The Morgan fingerprint density at radius 2 is 1.77 bits per heavy atom. The molecule has 2 aromatic rings. The minimum absolute atomic E-state index is 0.316. The third kappa shape index (κ3) is 3.10. The van der Waals surface area contributed by atoms with E-state index in [2.05, 4.69) is 4.90 Å². The topological polar surface area (TPSA) is 48.0 Å².